The number of alkyl carbamates (subject to hydrolysis) is 1. The van der Waals surface area contributed by atoms with Crippen LogP contribution in [0.3, 0.4) is 0 Å². The Morgan fingerprint density at radius 3 is 2.03 bits per heavy atom. The van der Waals surface area contributed by atoms with Crippen molar-refractivity contribution in [3.63, 3.8) is 0 Å². The van der Waals surface area contributed by atoms with Gasteiger partial charge in [-0.15, -0.1) is 0 Å². The number of aliphatic carboxylic acids is 1. The summed E-state index contributed by atoms with van der Waals surface area (Å²) in [6.07, 6.45) is -0.926. The van der Waals surface area contributed by atoms with Gasteiger partial charge in [-0.2, -0.15) is 0 Å². The number of amides is 2. The Labute approximate surface area is 216 Å². The van der Waals surface area contributed by atoms with Gasteiger partial charge in [0.25, 0.3) is 0 Å². The molecule has 0 radical (unpaired) electrons. The standard InChI is InChI=1S/C26H33BN2O8/c1-25(2)26(3,4)37-27(36-25)19-12-10-17(11-13-19)14-20(23(32)33)28-22(31)21(15-30)29-24(34)35-16-18-8-6-5-7-9-18/h5-13,20-21,30H,14-16H2,1-4H3,(H,28,31)(H,29,34)(H,32,33)/t20-,21+/m1/s1. The molecule has 0 bridgehead atoms. The molecule has 0 aromatic heterocycles. The Kier molecular flexibility index (Phi) is 8.96. The average molecular weight is 512 g/mol. The first-order valence-corrected chi connectivity index (χ1v) is 12.0. The molecule has 1 heterocycles. The van der Waals surface area contributed by atoms with Crippen LogP contribution in [0.5, 0.6) is 0 Å². The summed E-state index contributed by atoms with van der Waals surface area (Å²) in [5, 5.41) is 23.8. The Hall–Kier alpha value is -3.41. The van der Waals surface area contributed by atoms with Gasteiger partial charge in [0.05, 0.1) is 17.8 Å². The van der Waals surface area contributed by atoms with E-state index in [0.29, 0.717) is 5.56 Å². The van der Waals surface area contributed by atoms with Crippen LogP contribution in [-0.4, -0.2) is 65.2 Å². The van der Waals surface area contributed by atoms with Crippen molar-refractivity contribution >= 4 is 30.6 Å². The van der Waals surface area contributed by atoms with Gasteiger partial charge in [-0.05, 0) is 44.3 Å². The molecule has 0 unspecified atom stereocenters. The number of hydrogen-bond donors (Lipinski definition) is 4. The van der Waals surface area contributed by atoms with E-state index >= 15 is 0 Å². The van der Waals surface area contributed by atoms with Gasteiger partial charge in [-0.25, -0.2) is 9.59 Å². The number of carboxylic acid groups (broad SMARTS) is 1. The average Bonchev–Trinajstić information content (AvgIpc) is 3.08. The quantitative estimate of drug-likeness (QED) is 0.350. The summed E-state index contributed by atoms with van der Waals surface area (Å²) < 4.78 is 17.1. The lowest BCUT2D eigenvalue weighted by atomic mass is 9.78. The van der Waals surface area contributed by atoms with E-state index < -0.39 is 55.0 Å². The van der Waals surface area contributed by atoms with Gasteiger partial charge in [0, 0.05) is 6.42 Å². The van der Waals surface area contributed by atoms with E-state index in [1.165, 1.54) is 0 Å². The smallest absolute Gasteiger partial charge is 0.480 e. The number of benzene rings is 2. The van der Waals surface area contributed by atoms with Crippen LogP contribution in [0.2, 0.25) is 0 Å². The molecule has 1 aliphatic rings. The normalized spacial score (nSPS) is 17.5. The third-order valence-electron chi connectivity index (χ3n) is 6.56. The number of aliphatic hydroxyl groups is 1. The highest BCUT2D eigenvalue weighted by molar-refractivity contribution is 6.62. The zero-order chi connectivity index (χ0) is 27.2. The molecule has 2 atom stereocenters. The van der Waals surface area contributed by atoms with Crippen LogP contribution >= 0.6 is 0 Å². The molecule has 1 aliphatic heterocycles. The SMILES string of the molecule is CC1(C)OB(c2ccc(C[C@@H](NC(=O)[C@H](CO)NC(=O)OCc3ccccc3)C(=O)O)cc2)OC1(C)C. The van der Waals surface area contributed by atoms with Crippen molar-refractivity contribution in [3.05, 3.63) is 65.7 Å². The molecule has 2 amide bonds. The lowest BCUT2D eigenvalue weighted by molar-refractivity contribution is -0.142. The fourth-order valence-electron chi connectivity index (χ4n) is 3.60. The fourth-order valence-corrected chi connectivity index (χ4v) is 3.60. The highest BCUT2D eigenvalue weighted by atomic mass is 16.7. The molecule has 2 aromatic carbocycles. The van der Waals surface area contributed by atoms with Crippen molar-refractivity contribution in [1.29, 1.82) is 0 Å². The topological polar surface area (TPSA) is 143 Å². The summed E-state index contributed by atoms with van der Waals surface area (Å²) in [6, 6.07) is 13.3. The minimum Gasteiger partial charge on any atom is -0.480 e. The van der Waals surface area contributed by atoms with E-state index in [9.17, 15) is 24.6 Å². The molecule has 2 aromatic rings. The highest BCUT2D eigenvalue weighted by Gasteiger charge is 2.51. The number of carbonyl (C=O) groups excluding carboxylic acids is 2. The first-order valence-electron chi connectivity index (χ1n) is 12.0. The van der Waals surface area contributed by atoms with Gasteiger partial charge < -0.3 is 34.9 Å². The number of hydrogen-bond acceptors (Lipinski definition) is 7. The van der Waals surface area contributed by atoms with E-state index in [0.717, 1.165) is 11.0 Å². The number of nitrogens with one attached hydrogen (secondary N) is 2. The molecule has 11 heteroatoms. The Bertz CT molecular complexity index is 1080. The predicted octanol–water partition coefficient (Wildman–Crippen LogP) is 1.39. The molecular weight excluding hydrogens is 479 g/mol. The van der Waals surface area contributed by atoms with Crippen molar-refractivity contribution in [3.8, 4) is 0 Å². The van der Waals surface area contributed by atoms with Crippen molar-refractivity contribution < 1.29 is 38.6 Å². The molecule has 4 N–H and O–H groups in total. The summed E-state index contributed by atoms with van der Waals surface area (Å²) >= 11 is 0. The number of ether oxygens (including phenoxy) is 1. The summed E-state index contributed by atoms with van der Waals surface area (Å²) in [4.78, 5) is 36.5. The molecule has 3 rings (SSSR count). The maximum Gasteiger partial charge on any atom is 0.494 e. The summed E-state index contributed by atoms with van der Waals surface area (Å²) in [6.45, 7) is 7.07. The van der Waals surface area contributed by atoms with E-state index in [4.69, 9.17) is 14.0 Å². The zero-order valence-electron chi connectivity index (χ0n) is 21.4. The molecule has 198 valence electrons. The minimum atomic E-state index is -1.38. The molecule has 1 fully saturated rings. The Morgan fingerprint density at radius 1 is 0.892 bits per heavy atom. The number of rotatable bonds is 10. The van der Waals surface area contributed by atoms with Gasteiger partial charge in [0.1, 0.15) is 18.7 Å². The Morgan fingerprint density at radius 2 is 1.49 bits per heavy atom. The van der Waals surface area contributed by atoms with Gasteiger partial charge >= 0.3 is 19.2 Å². The van der Waals surface area contributed by atoms with Crippen molar-refractivity contribution in [2.75, 3.05) is 6.61 Å². The number of carbonyl (C=O) groups is 3. The van der Waals surface area contributed by atoms with Gasteiger partial charge in [-0.1, -0.05) is 54.6 Å². The molecule has 10 nitrogen and oxygen atoms in total. The van der Waals surface area contributed by atoms with E-state index in [1.807, 2.05) is 33.8 Å². The third kappa shape index (κ3) is 7.31. The van der Waals surface area contributed by atoms with Crippen LogP contribution in [-0.2, 0) is 36.7 Å². The molecule has 0 saturated carbocycles. The van der Waals surface area contributed by atoms with E-state index in [-0.39, 0.29) is 13.0 Å². The second-order valence-electron chi connectivity index (χ2n) is 9.87. The molecule has 0 aliphatic carbocycles. The molecule has 37 heavy (non-hydrogen) atoms. The van der Waals surface area contributed by atoms with Crippen molar-refractivity contribution in [2.45, 2.75) is 64.0 Å². The van der Waals surface area contributed by atoms with Crippen molar-refractivity contribution in [2.24, 2.45) is 0 Å². The number of carboxylic acids is 1. The van der Waals surface area contributed by atoms with Gasteiger partial charge in [-0.3, -0.25) is 4.79 Å². The lowest BCUT2D eigenvalue weighted by Crippen LogP contribution is -2.53. The monoisotopic (exact) mass is 512 g/mol. The molecule has 1 saturated heterocycles. The maximum absolute atomic E-state index is 12.6. The number of aliphatic hydroxyl groups excluding tert-OH is 1. The second-order valence-corrected chi connectivity index (χ2v) is 9.87. The first kappa shape index (κ1) is 28.2. The third-order valence-corrected chi connectivity index (χ3v) is 6.56. The molecular formula is C26H33BN2O8. The van der Waals surface area contributed by atoms with Crippen LogP contribution < -0.4 is 16.1 Å². The van der Waals surface area contributed by atoms with Crippen LogP contribution in [0.4, 0.5) is 4.79 Å². The van der Waals surface area contributed by atoms with Crippen LogP contribution in [0.1, 0.15) is 38.8 Å². The zero-order valence-corrected chi connectivity index (χ0v) is 21.4. The lowest BCUT2D eigenvalue weighted by Gasteiger charge is -2.32. The highest BCUT2D eigenvalue weighted by Crippen LogP contribution is 2.36. The fraction of sp³-hybridized carbons (Fsp3) is 0.423. The van der Waals surface area contributed by atoms with Crippen LogP contribution in [0, 0.1) is 0 Å². The predicted molar refractivity (Wildman–Crippen MR) is 136 cm³/mol. The summed E-state index contributed by atoms with van der Waals surface area (Å²) in [5.74, 6) is -2.10. The second kappa shape index (κ2) is 11.8. The Balaban J connectivity index is 1.56. The van der Waals surface area contributed by atoms with Gasteiger partial charge in [0.15, 0.2) is 0 Å². The summed E-state index contributed by atoms with van der Waals surface area (Å²) in [5.41, 5.74) is 1.22. The maximum atomic E-state index is 12.6. The first-order chi connectivity index (χ1) is 17.4. The minimum absolute atomic E-state index is 0.0126. The largest absolute Gasteiger partial charge is 0.494 e. The van der Waals surface area contributed by atoms with E-state index in [2.05, 4.69) is 10.6 Å². The van der Waals surface area contributed by atoms with Crippen molar-refractivity contribution in [1.82, 2.24) is 10.6 Å². The van der Waals surface area contributed by atoms with Gasteiger partial charge in [0.2, 0.25) is 5.91 Å². The van der Waals surface area contributed by atoms with Crippen LogP contribution in [0.15, 0.2) is 54.6 Å². The molecule has 0 spiro atoms. The summed E-state index contributed by atoms with van der Waals surface area (Å²) in [7, 11) is -0.549. The van der Waals surface area contributed by atoms with Crippen LogP contribution in [0.25, 0.3) is 0 Å². The van der Waals surface area contributed by atoms with E-state index in [1.54, 1.807) is 48.5 Å².